The molecule has 1 heterocycles. The molecular formula is C18H34O3. The zero-order valence-corrected chi connectivity index (χ0v) is 14.1. The number of ether oxygens (including phenoxy) is 2. The van der Waals surface area contributed by atoms with E-state index in [0.717, 1.165) is 19.3 Å². The standard InChI is InChI=1S/C18H34O3/c1-3-12-16-17(21-16)13-10-8-6-5-7-9-11-14-18(19)20-15-4-2/h16-17H,3-15H2,1-2H3. The Hall–Kier alpha value is -0.570. The molecule has 0 aromatic rings. The Morgan fingerprint density at radius 2 is 1.48 bits per heavy atom. The molecule has 0 bridgehead atoms. The van der Waals surface area contributed by atoms with Crippen LogP contribution >= 0.6 is 0 Å². The minimum atomic E-state index is -0.0251. The molecule has 3 nitrogen and oxygen atoms in total. The lowest BCUT2D eigenvalue weighted by molar-refractivity contribution is -0.143. The van der Waals surface area contributed by atoms with Gasteiger partial charge in [-0.1, -0.05) is 58.8 Å². The average Bonchev–Trinajstić information content (AvgIpc) is 3.22. The van der Waals surface area contributed by atoms with Gasteiger partial charge < -0.3 is 9.47 Å². The van der Waals surface area contributed by atoms with Gasteiger partial charge in [-0.05, 0) is 25.7 Å². The van der Waals surface area contributed by atoms with E-state index < -0.39 is 0 Å². The van der Waals surface area contributed by atoms with Crippen molar-refractivity contribution in [1.29, 1.82) is 0 Å². The van der Waals surface area contributed by atoms with Crippen molar-refractivity contribution in [2.24, 2.45) is 0 Å². The van der Waals surface area contributed by atoms with Crippen molar-refractivity contribution in [2.45, 2.75) is 103 Å². The fraction of sp³-hybridized carbons (Fsp3) is 0.944. The maximum Gasteiger partial charge on any atom is 0.305 e. The zero-order chi connectivity index (χ0) is 15.3. The zero-order valence-electron chi connectivity index (χ0n) is 14.1. The van der Waals surface area contributed by atoms with Crippen molar-refractivity contribution in [3.63, 3.8) is 0 Å². The highest BCUT2D eigenvalue weighted by atomic mass is 16.6. The van der Waals surface area contributed by atoms with Crippen molar-refractivity contribution in [3.05, 3.63) is 0 Å². The first kappa shape index (κ1) is 18.5. The maximum absolute atomic E-state index is 11.3. The summed E-state index contributed by atoms with van der Waals surface area (Å²) in [6.45, 7) is 4.82. The third-order valence-corrected chi connectivity index (χ3v) is 4.10. The molecule has 1 saturated heterocycles. The molecule has 0 aliphatic carbocycles. The van der Waals surface area contributed by atoms with Crippen LogP contribution in [0.2, 0.25) is 0 Å². The van der Waals surface area contributed by atoms with Gasteiger partial charge in [0.15, 0.2) is 0 Å². The van der Waals surface area contributed by atoms with Crippen LogP contribution in [0.15, 0.2) is 0 Å². The molecule has 1 aliphatic rings. The Labute approximate surface area is 130 Å². The summed E-state index contributed by atoms with van der Waals surface area (Å²) in [6, 6.07) is 0. The first-order valence-corrected chi connectivity index (χ1v) is 9.09. The molecule has 1 fully saturated rings. The normalized spacial score (nSPS) is 20.5. The summed E-state index contributed by atoms with van der Waals surface area (Å²) in [6.07, 6.45) is 15.1. The second kappa shape index (κ2) is 12.0. The molecule has 0 amide bonds. The number of carbonyl (C=O) groups is 1. The van der Waals surface area contributed by atoms with Crippen molar-refractivity contribution < 1.29 is 14.3 Å². The highest BCUT2D eigenvalue weighted by Gasteiger charge is 2.36. The number of unbranched alkanes of at least 4 members (excludes halogenated alkanes) is 6. The van der Waals surface area contributed by atoms with E-state index in [1.807, 2.05) is 6.92 Å². The molecule has 0 N–H and O–H groups in total. The third-order valence-electron chi connectivity index (χ3n) is 4.10. The average molecular weight is 298 g/mol. The van der Waals surface area contributed by atoms with Gasteiger partial charge in [-0.15, -0.1) is 0 Å². The number of hydrogen-bond donors (Lipinski definition) is 0. The van der Waals surface area contributed by atoms with E-state index >= 15 is 0 Å². The van der Waals surface area contributed by atoms with Crippen LogP contribution < -0.4 is 0 Å². The Bertz CT molecular complexity index is 265. The van der Waals surface area contributed by atoms with Crippen molar-refractivity contribution in [2.75, 3.05) is 6.61 Å². The summed E-state index contributed by atoms with van der Waals surface area (Å²) in [5, 5.41) is 0. The van der Waals surface area contributed by atoms with Gasteiger partial charge in [0.2, 0.25) is 0 Å². The van der Waals surface area contributed by atoms with Crippen LogP contribution in [0.3, 0.4) is 0 Å². The fourth-order valence-corrected chi connectivity index (χ4v) is 2.76. The van der Waals surface area contributed by atoms with E-state index in [4.69, 9.17) is 9.47 Å². The Morgan fingerprint density at radius 3 is 2.14 bits per heavy atom. The van der Waals surface area contributed by atoms with Gasteiger partial charge in [0.25, 0.3) is 0 Å². The molecule has 0 saturated carbocycles. The second-order valence-corrected chi connectivity index (χ2v) is 6.24. The number of esters is 1. The van der Waals surface area contributed by atoms with Crippen molar-refractivity contribution >= 4 is 5.97 Å². The van der Waals surface area contributed by atoms with E-state index in [-0.39, 0.29) is 5.97 Å². The predicted octanol–water partition coefficient (Wildman–Crippen LogP) is 5.02. The molecule has 3 heteroatoms. The fourth-order valence-electron chi connectivity index (χ4n) is 2.76. The summed E-state index contributed by atoms with van der Waals surface area (Å²) in [4.78, 5) is 11.3. The van der Waals surface area contributed by atoms with E-state index in [1.165, 1.54) is 51.4 Å². The molecule has 124 valence electrons. The molecule has 0 spiro atoms. The Balaban J connectivity index is 1.74. The van der Waals surface area contributed by atoms with Gasteiger partial charge >= 0.3 is 5.97 Å². The van der Waals surface area contributed by atoms with Crippen LogP contribution in [0.1, 0.15) is 90.9 Å². The van der Waals surface area contributed by atoms with E-state index in [2.05, 4.69) is 6.92 Å². The molecule has 0 radical (unpaired) electrons. The van der Waals surface area contributed by atoms with Crippen LogP contribution in [0.5, 0.6) is 0 Å². The van der Waals surface area contributed by atoms with Crippen LogP contribution in [0.4, 0.5) is 0 Å². The highest BCUT2D eigenvalue weighted by Crippen LogP contribution is 2.30. The quantitative estimate of drug-likeness (QED) is 0.257. The van der Waals surface area contributed by atoms with E-state index in [9.17, 15) is 4.79 Å². The van der Waals surface area contributed by atoms with Gasteiger partial charge in [0, 0.05) is 6.42 Å². The van der Waals surface area contributed by atoms with E-state index in [0.29, 0.717) is 25.2 Å². The molecule has 0 aromatic heterocycles. The molecular weight excluding hydrogens is 264 g/mol. The van der Waals surface area contributed by atoms with Crippen LogP contribution in [0.25, 0.3) is 0 Å². The molecule has 2 unspecified atom stereocenters. The van der Waals surface area contributed by atoms with Gasteiger partial charge in [-0.25, -0.2) is 0 Å². The SMILES string of the molecule is CCCOC(=O)CCCCCCCCCC1OC1CCC. The monoisotopic (exact) mass is 298 g/mol. The van der Waals surface area contributed by atoms with Crippen molar-refractivity contribution in [3.8, 4) is 0 Å². The summed E-state index contributed by atoms with van der Waals surface area (Å²) in [5.74, 6) is -0.0251. The maximum atomic E-state index is 11.3. The molecule has 2 atom stereocenters. The topological polar surface area (TPSA) is 38.8 Å². The van der Waals surface area contributed by atoms with Gasteiger partial charge in [-0.3, -0.25) is 4.79 Å². The number of hydrogen-bond acceptors (Lipinski definition) is 3. The summed E-state index contributed by atoms with van der Waals surface area (Å²) >= 11 is 0. The summed E-state index contributed by atoms with van der Waals surface area (Å²) in [5.41, 5.74) is 0. The first-order chi connectivity index (χ1) is 10.3. The van der Waals surface area contributed by atoms with Gasteiger partial charge in [-0.2, -0.15) is 0 Å². The van der Waals surface area contributed by atoms with E-state index in [1.54, 1.807) is 0 Å². The minimum Gasteiger partial charge on any atom is -0.466 e. The number of carbonyl (C=O) groups excluding carboxylic acids is 1. The molecule has 21 heavy (non-hydrogen) atoms. The van der Waals surface area contributed by atoms with Crippen LogP contribution in [-0.4, -0.2) is 24.8 Å². The second-order valence-electron chi connectivity index (χ2n) is 6.24. The Morgan fingerprint density at radius 1 is 0.857 bits per heavy atom. The summed E-state index contributed by atoms with van der Waals surface area (Å²) < 4.78 is 10.7. The first-order valence-electron chi connectivity index (χ1n) is 9.09. The third kappa shape index (κ3) is 9.89. The lowest BCUT2D eigenvalue weighted by atomic mass is 10.0. The Kier molecular flexibility index (Phi) is 10.6. The van der Waals surface area contributed by atoms with Gasteiger partial charge in [0.05, 0.1) is 18.8 Å². The van der Waals surface area contributed by atoms with Crippen LogP contribution in [-0.2, 0) is 14.3 Å². The minimum absolute atomic E-state index is 0.0251. The summed E-state index contributed by atoms with van der Waals surface area (Å²) in [7, 11) is 0. The lowest BCUT2D eigenvalue weighted by Gasteiger charge is -2.03. The lowest BCUT2D eigenvalue weighted by Crippen LogP contribution is -2.04. The largest absolute Gasteiger partial charge is 0.466 e. The number of rotatable bonds is 14. The van der Waals surface area contributed by atoms with Crippen LogP contribution in [0, 0.1) is 0 Å². The van der Waals surface area contributed by atoms with Gasteiger partial charge in [0.1, 0.15) is 0 Å². The molecule has 0 aromatic carbocycles. The highest BCUT2D eigenvalue weighted by molar-refractivity contribution is 5.69. The molecule has 1 rings (SSSR count). The predicted molar refractivity (Wildman–Crippen MR) is 86.4 cm³/mol. The number of epoxide rings is 1. The smallest absolute Gasteiger partial charge is 0.305 e. The molecule has 1 aliphatic heterocycles. The van der Waals surface area contributed by atoms with Crippen molar-refractivity contribution in [1.82, 2.24) is 0 Å².